The Labute approximate surface area is 137 Å². The van der Waals surface area contributed by atoms with Gasteiger partial charge in [0.1, 0.15) is 5.82 Å². The summed E-state index contributed by atoms with van der Waals surface area (Å²) in [5, 5.41) is 12.6. The van der Waals surface area contributed by atoms with Crippen LogP contribution in [0, 0.1) is 18.2 Å². The third-order valence-electron chi connectivity index (χ3n) is 4.36. The zero-order chi connectivity index (χ0) is 17.0. The summed E-state index contributed by atoms with van der Waals surface area (Å²) in [6.45, 7) is 3.61. The lowest BCUT2D eigenvalue weighted by Crippen LogP contribution is -2.52. The smallest absolute Gasteiger partial charge is 0.321 e. The van der Waals surface area contributed by atoms with E-state index in [1.165, 1.54) is 6.07 Å². The van der Waals surface area contributed by atoms with E-state index in [9.17, 15) is 14.3 Å². The van der Waals surface area contributed by atoms with Gasteiger partial charge in [0.15, 0.2) is 0 Å². The first-order chi connectivity index (χ1) is 10.8. The SMILES string of the molecule is Cc1ccc(NC(=O)N2CCC[C@](CO)(CN(C)C)C2)cc1F. The van der Waals surface area contributed by atoms with E-state index in [1.54, 1.807) is 24.0 Å². The molecule has 6 heteroatoms. The maximum Gasteiger partial charge on any atom is 0.321 e. The van der Waals surface area contributed by atoms with Gasteiger partial charge >= 0.3 is 6.03 Å². The second-order valence-corrected chi connectivity index (χ2v) is 6.82. The molecule has 5 nitrogen and oxygen atoms in total. The molecule has 128 valence electrons. The molecule has 1 heterocycles. The summed E-state index contributed by atoms with van der Waals surface area (Å²) >= 11 is 0. The lowest BCUT2D eigenvalue weighted by atomic mass is 9.80. The number of nitrogens with zero attached hydrogens (tertiary/aromatic N) is 2. The van der Waals surface area contributed by atoms with Crippen molar-refractivity contribution in [3.63, 3.8) is 0 Å². The van der Waals surface area contributed by atoms with Crippen molar-refractivity contribution >= 4 is 11.7 Å². The van der Waals surface area contributed by atoms with Gasteiger partial charge < -0.3 is 20.2 Å². The fourth-order valence-corrected chi connectivity index (χ4v) is 3.23. The van der Waals surface area contributed by atoms with Gasteiger partial charge in [-0.05, 0) is 51.6 Å². The average molecular weight is 323 g/mol. The van der Waals surface area contributed by atoms with E-state index in [-0.39, 0.29) is 23.9 Å². The largest absolute Gasteiger partial charge is 0.396 e. The number of amides is 2. The molecule has 2 N–H and O–H groups in total. The average Bonchev–Trinajstić information content (AvgIpc) is 2.50. The quantitative estimate of drug-likeness (QED) is 0.894. The van der Waals surface area contributed by atoms with Crippen LogP contribution >= 0.6 is 0 Å². The Morgan fingerprint density at radius 1 is 1.48 bits per heavy atom. The van der Waals surface area contributed by atoms with E-state index in [1.807, 2.05) is 19.0 Å². The van der Waals surface area contributed by atoms with Crippen LogP contribution in [-0.2, 0) is 0 Å². The molecule has 1 saturated heterocycles. The summed E-state index contributed by atoms with van der Waals surface area (Å²) in [6.07, 6.45) is 1.74. The van der Waals surface area contributed by atoms with E-state index in [4.69, 9.17) is 0 Å². The van der Waals surface area contributed by atoms with Gasteiger partial charge in [-0.1, -0.05) is 6.07 Å². The molecule has 1 atom stereocenters. The van der Waals surface area contributed by atoms with Gasteiger partial charge in [0, 0.05) is 30.7 Å². The van der Waals surface area contributed by atoms with E-state index in [2.05, 4.69) is 5.32 Å². The number of aliphatic hydroxyl groups is 1. The van der Waals surface area contributed by atoms with Crippen molar-refractivity contribution < 1.29 is 14.3 Å². The van der Waals surface area contributed by atoms with Crippen molar-refractivity contribution in [1.82, 2.24) is 9.80 Å². The van der Waals surface area contributed by atoms with E-state index >= 15 is 0 Å². The highest BCUT2D eigenvalue weighted by Gasteiger charge is 2.37. The molecular weight excluding hydrogens is 297 g/mol. The minimum Gasteiger partial charge on any atom is -0.396 e. The number of urea groups is 1. The van der Waals surface area contributed by atoms with Crippen LogP contribution in [0.5, 0.6) is 0 Å². The number of halogens is 1. The van der Waals surface area contributed by atoms with Gasteiger partial charge in [0.2, 0.25) is 0 Å². The normalized spacial score (nSPS) is 21.6. The molecule has 0 aliphatic carbocycles. The van der Waals surface area contributed by atoms with Crippen LogP contribution in [0.4, 0.5) is 14.9 Å². The number of carbonyl (C=O) groups excluding carboxylic acids is 1. The van der Waals surface area contributed by atoms with Crippen molar-refractivity contribution in [2.75, 3.05) is 45.7 Å². The zero-order valence-corrected chi connectivity index (χ0v) is 14.1. The van der Waals surface area contributed by atoms with Gasteiger partial charge in [0.25, 0.3) is 0 Å². The van der Waals surface area contributed by atoms with Crippen LogP contribution in [0.25, 0.3) is 0 Å². The molecule has 2 rings (SSSR count). The molecule has 23 heavy (non-hydrogen) atoms. The van der Waals surface area contributed by atoms with Gasteiger partial charge in [-0.3, -0.25) is 0 Å². The number of benzene rings is 1. The number of aryl methyl sites for hydroxylation is 1. The maximum atomic E-state index is 13.6. The topological polar surface area (TPSA) is 55.8 Å². The zero-order valence-electron chi connectivity index (χ0n) is 14.1. The highest BCUT2D eigenvalue weighted by atomic mass is 19.1. The lowest BCUT2D eigenvalue weighted by Gasteiger charge is -2.43. The number of piperidine rings is 1. The van der Waals surface area contributed by atoms with Gasteiger partial charge in [-0.25, -0.2) is 9.18 Å². The number of rotatable bonds is 4. The Kier molecular flexibility index (Phi) is 5.59. The van der Waals surface area contributed by atoms with Crippen molar-refractivity contribution in [3.8, 4) is 0 Å². The second-order valence-electron chi connectivity index (χ2n) is 6.82. The fraction of sp³-hybridized carbons (Fsp3) is 0.588. The monoisotopic (exact) mass is 323 g/mol. The Morgan fingerprint density at radius 3 is 2.83 bits per heavy atom. The number of hydrogen-bond acceptors (Lipinski definition) is 3. The molecule has 0 bridgehead atoms. The number of nitrogens with one attached hydrogen (secondary N) is 1. The van der Waals surface area contributed by atoms with Crippen molar-refractivity contribution in [2.45, 2.75) is 19.8 Å². The van der Waals surface area contributed by atoms with E-state index < -0.39 is 0 Å². The van der Waals surface area contributed by atoms with E-state index in [0.717, 1.165) is 19.4 Å². The summed E-state index contributed by atoms with van der Waals surface area (Å²) in [7, 11) is 3.93. The third-order valence-corrected chi connectivity index (χ3v) is 4.36. The van der Waals surface area contributed by atoms with Crippen molar-refractivity contribution in [3.05, 3.63) is 29.6 Å². The first-order valence-electron chi connectivity index (χ1n) is 7.93. The highest BCUT2D eigenvalue weighted by molar-refractivity contribution is 5.89. The maximum absolute atomic E-state index is 13.6. The molecule has 0 aromatic heterocycles. The molecule has 0 radical (unpaired) electrons. The fourth-order valence-electron chi connectivity index (χ4n) is 3.23. The Balaban J connectivity index is 2.05. The summed E-state index contributed by atoms with van der Waals surface area (Å²) in [6, 6.07) is 4.42. The molecule has 1 aliphatic rings. The lowest BCUT2D eigenvalue weighted by molar-refractivity contribution is 0.0294. The van der Waals surface area contributed by atoms with Gasteiger partial charge in [-0.15, -0.1) is 0 Å². The summed E-state index contributed by atoms with van der Waals surface area (Å²) in [5.41, 5.74) is 0.703. The first-order valence-corrected chi connectivity index (χ1v) is 7.93. The molecule has 1 aromatic carbocycles. The van der Waals surface area contributed by atoms with Crippen molar-refractivity contribution in [1.29, 1.82) is 0 Å². The number of hydrogen-bond donors (Lipinski definition) is 2. The van der Waals surface area contributed by atoms with E-state index in [0.29, 0.717) is 24.3 Å². The molecule has 0 spiro atoms. The number of aliphatic hydroxyl groups excluding tert-OH is 1. The van der Waals surface area contributed by atoms with Crippen molar-refractivity contribution in [2.24, 2.45) is 5.41 Å². The third kappa shape index (κ3) is 4.42. The minimum absolute atomic E-state index is 0.0497. The van der Waals surface area contributed by atoms with Gasteiger partial charge in [0.05, 0.1) is 6.61 Å². The Bertz CT molecular complexity index is 565. The van der Waals surface area contributed by atoms with Crippen LogP contribution < -0.4 is 5.32 Å². The molecular formula is C17H26FN3O2. The van der Waals surface area contributed by atoms with Gasteiger partial charge in [-0.2, -0.15) is 0 Å². The molecule has 2 amide bonds. The summed E-state index contributed by atoms with van der Waals surface area (Å²) in [4.78, 5) is 16.2. The molecule has 0 unspecified atom stereocenters. The Hall–Kier alpha value is -1.66. The predicted octanol–water partition coefficient (Wildman–Crippen LogP) is 2.30. The van der Waals surface area contributed by atoms with Crippen LogP contribution in [0.1, 0.15) is 18.4 Å². The second kappa shape index (κ2) is 7.27. The standard InChI is InChI=1S/C17H26FN3O2/c1-13-5-6-14(9-15(13)18)19-16(23)21-8-4-7-17(11-21,12-22)10-20(2)3/h5-6,9,22H,4,7-8,10-12H2,1-3H3,(H,19,23)/t17-/m0/s1. The predicted molar refractivity (Wildman–Crippen MR) is 89.0 cm³/mol. The van der Waals surface area contributed by atoms with Crippen LogP contribution in [0.2, 0.25) is 0 Å². The van der Waals surface area contributed by atoms with Crippen LogP contribution in [0.15, 0.2) is 18.2 Å². The molecule has 1 fully saturated rings. The first kappa shape index (κ1) is 17.7. The number of likely N-dealkylation sites (tertiary alicyclic amines) is 1. The molecule has 0 saturated carbocycles. The number of carbonyl (C=O) groups is 1. The molecule has 1 aromatic rings. The Morgan fingerprint density at radius 2 is 2.22 bits per heavy atom. The van der Waals surface area contributed by atoms with Crippen LogP contribution in [0.3, 0.4) is 0 Å². The number of anilines is 1. The molecule has 1 aliphatic heterocycles. The van der Waals surface area contributed by atoms with Crippen LogP contribution in [-0.4, -0.2) is 61.3 Å². The summed E-state index contributed by atoms with van der Waals surface area (Å²) < 4.78 is 13.6. The summed E-state index contributed by atoms with van der Waals surface area (Å²) in [5.74, 6) is -0.334. The minimum atomic E-state index is -0.334. The highest BCUT2D eigenvalue weighted by Crippen LogP contribution is 2.30.